The van der Waals surface area contributed by atoms with Gasteiger partial charge in [0.25, 0.3) is 5.91 Å². The van der Waals surface area contributed by atoms with Gasteiger partial charge in [0.1, 0.15) is 12.0 Å². The molecule has 0 aliphatic rings. The van der Waals surface area contributed by atoms with Crippen molar-refractivity contribution in [1.29, 1.82) is 0 Å². The summed E-state index contributed by atoms with van der Waals surface area (Å²) in [6.07, 6.45) is 2.97. The predicted molar refractivity (Wildman–Crippen MR) is 103 cm³/mol. The third kappa shape index (κ3) is 3.88. The van der Waals surface area contributed by atoms with Crippen LogP contribution in [0.3, 0.4) is 0 Å². The van der Waals surface area contributed by atoms with Crippen molar-refractivity contribution in [2.75, 3.05) is 31.0 Å². The number of carbonyl (C=O) groups excluding carboxylic acids is 1. The van der Waals surface area contributed by atoms with Crippen molar-refractivity contribution in [3.05, 3.63) is 78.3 Å². The van der Waals surface area contributed by atoms with Crippen LogP contribution in [0.5, 0.6) is 5.75 Å². The molecular formula is C21H22N2O3. The van der Waals surface area contributed by atoms with Crippen molar-refractivity contribution in [3.63, 3.8) is 0 Å². The third-order valence-electron chi connectivity index (χ3n) is 4.19. The van der Waals surface area contributed by atoms with E-state index in [9.17, 15) is 4.79 Å². The first-order valence-corrected chi connectivity index (χ1v) is 8.33. The molecule has 0 atom stereocenters. The summed E-state index contributed by atoms with van der Waals surface area (Å²) < 4.78 is 10.3. The Kier molecular flexibility index (Phi) is 5.27. The fourth-order valence-corrected chi connectivity index (χ4v) is 2.67. The summed E-state index contributed by atoms with van der Waals surface area (Å²) in [4.78, 5) is 16.7. The first-order chi connectivity index (χ1) is 12.6. The van der Waals surface area contributed by atoms with Gasteiger partial charge in [-0.15, -0.1) is 0 Å². The second kappa shape index (κ2) is 7.78. The fourth-order valence-electron chi connectivity index (χ4n) is 2.67. The molecule has 0 bridgehead atoms. The molecule has 0 spiro atoms. The smallest absolute Gasteiger partial charge is 0.261 e. The van der Waals surface area contributed by atoms with Gasteiger partial charge in [-0.25, -0.2) is 0 Å². The lowest BCUT2D eigenvalue weighted by Crippen LogP contribution is -2.30. The van der Waals surface area contributed by atoms with Crippen LogP contribution in [0.2, 0.25) is 0 Å². The molecule has 26 heavy (non-hydrogen) atoms. The summed E-state index contributed by atoms with van der Waals surface area (Å²) in [5.74, 6) is 0.639. The Hall–Kier alpha value is -3.21. The number of anilines is 2. The van der Waals surface area contributed by atoms with E-state index in [0.29, 0.717) is 12.1 Å². The summed E-state index contributed by atoms with van der Waals surface area (Å²) in [5, 5.41) is 0. The van der Waals surface area contributed by atoms with Crippen LogP contribution < -0.4 is 14.5 Å². The van der Waals surface area contributed by atoms with Crippen molar-refractivity contribution >= 4 is 17.3 Å². The van der Waals surface area contributed by atoms with E-state index in [-0.39, 0.29) is 5.91 Å². The highest BCUT2D eigenvalue weighted by Gasteiger charge is 2.19. The number of hydrogen-bond acceptors (Lipinski definition) is 4. The minimum atomic E-state index is -0.111. The molecule has 0 aliphatic heterocycles. The summed E-state index contributed by atoms with van der Waals surface area (Å²) in [6.45, 7) is 0.462. The third-order valence-corrected chi connectivity index (χ3v) is 4.19. The SMILES string of the molecule is COc1ccc(N(Cc2ccc(N(C)C)cc2)C(=O)c2ccoc2)cc1. The molecule has 0 N–H and O–H groups in total. The monoisotopic (exact) mass is 350 g/mol. The molecule has 1 heterocycles. The lowest BCUT2D eigenvalue weighted by Gasteiger charge is -2.23. The number of nitrogens with zero attached hydrogens (tertiary/aromatic N) is 2. The van der Waals surface area contributed by atoms with Gasteiger partial charge in [-0.2, -0.15) is 0 Å². The van der Waals surface area contributed by atoms with Crippen LogP contribution in [0, 0.1) is 0 Å². The van der Waals surface area contributed by atoms with E-state index in [2.05, 4.69) is 0 Å². The molecular weight excluding hydrogens is 328 g/mol. The predicted octanol–water partition coefficient (Wildman–Crippen LogP) is 4.20. The maximum Gasteiger partial charge on any atom is 0.261 e. The van der Waals surface area contributed by atoms with E-state index in [4.69, 9.17) is 9.15 Å². The molecule has 0 unspecified atom stereocenters. The average Bonchev–Trinajstić information content (AvgIpc) is 3.21. The number of hydrogen-bond donors (Lipinski definition) is 0. The molecule has 5 heteroatoms. The van der Waals surface area contributed by atoms with Crippen LogP contribution >= 0.6 is 0 Å². The topological polar surface area (TPSA) is 45.9 Å². The molecule has 0 saturated carbocycles. The summed E-state index contributed by atoms with van der Waals surface area (Å²) in [7, 11) is 5.62. The van der Waals surface area contributed by atoms with Crippen molar-refractivity contribution < 1.29 is 13.9 Å². The van der Waals surface area contributed by atoms with Crippen molar-refractivity contribution in [2.24, 2.45) is 0 Å². The number of rotatable bonds is 6. The highest BCUT2D eigenvalue weighted by molar-refractivity contribution is 6.05. The maximum atomic E-state index is 13.0. The Morgan fingerprint density at radius 1 is 0.962 bits per heavy atom. The number of carbonyl (C=O) groups is 1. The van der Waals surface area contributed by atoms with Crippen LogP contribution in [0.1, 0.15) is 15.9 Å². The number of ether oxygens (including phenoxy) is 1. The standard InChI is InChI=1S/C21H22N2O3/c1-22(2)18-6-4-16(5-7-18)14-23(21(24)17-12-13-26-15-17)19-8-10-20(25-3)11-9-19/h4-13,15H,14H2,1-3H3. The summed E-state index contributed by atoms with van der Waals surface area (Å²) in [6, 6.07) is 17.3. The molecule has 1 amide bonds. The highest BCUT2D eigenvalue weighted by atomic mass is 16.5. The second-order valence-electron chi connectivity index (χ2n) is 6.16. The second-order valence-corrected chi connectivity index (χ2v) is 6.16. The van der Waals surface area contributed by atoms with Gasteiger partial charge in [0, 0.05) is 25.5 Å². The molecule has 0 aliphatic carbocycles. The zero-order valence-electron chi connectivity index (χ0n) is 15.2. The fraction of sp³-hybridized carbons (Fsp3) is 0.190. The van der Waals surface area contributed by atoms with Crippen LogP contribution in [-0.4, -0.2) is 27.1 Å². The number of furan rings is 1. The summed E-state index contributed by atoms with van der Waals surface area (Å²) >= 11 is 0. The van der Waals surface area contributed by atoms with Gasteiger partial charge in [-0.1, -0.05) is 12.1 Å². The Morgan fingerprint density at radius 2 is 1.62 bits per heavy atom. The zero-order valence-corrected chi connectivity index (χ0v) is 15.2. The molecule has 3 rings (SSSR count). The van der Waals surface area contributed by atoms with E-state index < -0.39 is 0 Å². The quantitative estimate of drug-likeness (QED) is 0.668. The van der Waals surface area contributed by atoms with Gasteiger partial charge in [0.2, 0.25) is 0 Å². The van der Waals surface area contributed by atoms with Gasteiger partial charge in [-0.05, 0) is 48.0 Å². The van der Waals surface area contributed by atoms with Crippen LogP contribution in [0.15, 0.2) is 71.5 Å². The largest absolute Gasteiger partial charge is 0.497 e. The average molecular weight is 350 g/mol. The van der Waals surface area contributed by atoms with Gasteiger partial charge in [-0.3, -0.25) is 4.79 Å². The van der Waals surface area contributed by atoms with Gasteiger partial charge in [0.15, 0.2) is 0 Å². The molecule has 1 aromatic heterocycles. The lowest BCUT2D eigenvalue weighted by atomic mass is 10.1. The Bertz CT molecular complexity index is 838. The lowest BCUT2D eigenvalue weighted by molar-refractivity contribution is 0.0984. The van der Waals surface area contributed by atoms with Crippen LogP contribution in [0.25, 0.3) is 0 Å². The van der Waals surface area contributed by atoms with Crippen LogP contribution in [0.4, 0.5) is 11.4 Å². The number of amides is 1. The van der Waals surface area contributed by atoms with Gasteiger partial charge < -0.3 is 19.0 Å². The molecule has 0 fully saturated rings. The van der Waals surface area contributed by atoms with E-state index in [1.54, 1.807) is 18.1 Å². The van der Waals surface area contributed by atoms with E-state index in [1.165, 1.54) is 12.5 Å². The van der Waals surface area contributed by atoms with E-state index in [0.717, 1.165) is 22.7 Å². The highest BCUT2D eigenvalue weighted by Crippen LogP contribution is 2.24. The Morgan fingerprint density at radius 3 is 2.15 bits per heavy atom. The zero-order chi connectivity index (χ0) is 18.5. The van der Waals surface area contributed by atoms with E-state index >= 15 is 0 Å². The Balaban J connectivity index is 1.90. The molecule has 3 aromatic rings. The van der Waals surface area contributed by atoms with Crippen molar-refractivity contribution in [1.82, 2.24) is 0 Å². The van der Waals surface area contributed by atoms with E-state index in [1.807, 2.05) is 67.5 Å². The molecule has 0 saturated heterocycles. The summed E-state index contributed by atoms with van der Waals surface area (Å²) in [5.41, 5.74) is 3.48. The Labute approximate surface area is 153 Å². The molecule has 134 valence electrons. The van der Waals surface area contributed by atoms with Crippen molar-refractivity contribution in [2.45, 2.75) is 6.54 Å². The first-order valence-electron chi connectivity index (χ1n) is 8.33. The van der Waals surface area contributed by atoms with Gasteiger partial charge in [0.05, 0.1) is 25.5 Å². The van der Waals surface area contributed by atoms with Crippen molar-refractivity contribution in [3.8, 4) is 5.75 Å². The van der Waals surface area contributed by atoms with Crippen LogP contribution in [-0.2, 0) is 6.54 Å². The normalized spacial score (nSPS) is 10.4. The number of benzene rings is 2. The van der Waals surface area contributed by atoms with Gasteiger partial charge >= 0.3 is 0 Å². The number of methoxy groups -OCH3 is 1. The molecule has 0 radical (unpaired) electrons. The molecule has 2 aromatic carbocycles. The first kappa shape index (κ1) is 17.6. The maximum absolute atomic E-state index is 13.0. The minimum absolute atomic E-state index is 0.111. The molecule has 5 nitrogen and oxygen atoms in total. The minimum Gasteiger partial charge on any atom is -0.497 e.